The lowest BCUT2D eigenvalue weighted by molar-refractivity contribution is -0.115. The van der Waals surface area contributed by atoms with Gasteiger partial charge < -0.3 is 9.30 Å². The van der Waals surface area contributed by atoms with Crippen molar-refractivity contribution in [1.29, 1.82) is 0 Å². The van der Waals surface area contributed by atoms with Crippen LogP contribution in [0.1, 0.15) is 6.92 Å². The number of aromatic nitrogens is 4. The van der Waals surface area contributed by atoms with Crippen LogP contribution in [0.15, 0.2) is 47.9 Å². The molecule has 0 fully saturated rings. The second kappa shape index (κ2) is 8.09. The summed E-state index contributed by atoms with van der Waals surface area (Å²) in [7, 11) is 1.67. The molecular formula is C17H19N5O2S. The van der Waals surface area contributed by atoms with Crippen molar-refractivity contribution in [2.75, 3.05) is 19.0 Å². The molecule has 2 aromatic heterocycles. The number of rotatable bonds is 7. The number of fused-ring (bicyclic) bond motifs is 1. The third-order valence-electron chi connectivity index (χ3n) is 3.59. The number of carbonyl (C=O) groups is 1. The summed E-state index contributed by atoms with van der Waals surface area (Å²) in [4.78, 5) is 25.1. The Bertz CT molecular complexity index is 853. The van der Waals surface area contributed by atoms with Crippen LogP contribution in [0.3, 0.4) is 0 Å². The van der Waals surface area contributed by atoms with Gasteiger partial charge in [-0.1, -0.05) is 23.9 Å². The van der Waals surface area contributed by atoms with Crippen LogP contribution in [0.25, 0.3) is 11.0 Å². The fourth-order valence-corrected chi connectivity index (χ4v) is 3.28. The van der Waals surface area contributed by atoms with Gasteiger partial charge in [-0.05, 0) is 25.1 Å². The Labute approximate surface area is 149 Å². The minimum atomic E-state index is -0.345. The lowest BCUT2D eigenvalue weighted by Crippen LogP contribution is -2.24. The van der Waals surface area contributed by atoms with E-state index < -0.39 is 0 Å². The van der Waals surface area contributed by atoms with Crippen LogP contribution in [-0.4, -0.2) is 44.4 Å². The molecule has 1 amide bonds. The van der Waals surface area contributed by atoms with Crippen LogP contribution >= 0.6 is 11.8 Å². The first kappa shape index (κ1) is 17.4. The number of benzene rings is 1. The number of nitrogens with one attached hydrogen (secondary N) is 1. The number of carbonyl (C=O) groups excluding carboxylic acids is 1. The molecule has 0 radical (unpaired) electrons. The van der Waals surface area contributed by atoms with Crippen molar-refractivity contribution >= 4 is 34.7 Å². The molecule has 1 unspecified atom stereocenters. The maximum Gasteiger partial charge on any atom is 0.240 e. The van der Waals surface area contributed by atoms with Gasteiger partial charge in [-0.15, -0.1) is 0 Å². The molecule has 7 nitrogen and oxygen atoms in total. The van der Waals surface area contributed by atoms with Crippen LogP contribution in [-0.2, 0) is 16.1 Å². The molecule has 8 heteroatoms. The van der Waals surface area contributed by atoms with E-state index >= 15 is 0 Å². The highest BCUT2D eigenvalue weighted by molar-refractivity contribution is 8.00. The number of methoxy groups -OCH3 is 1. The van der Waals surface area contributed by atoms with E-state index in [1.165, 1.54) is 11.8 Å². The highest BCUT2D eigenvalue weighted by Crippen LogP contribution is 2.27. The number of para-hydroxylation sites is 2. The van der Waals surface area contributed by atoms with Gasteiger partial charge in [0.15, 0.2) is 5.16 Å². The summed E-state index contributed by atoms with van der Waals surface area (Å²) in [6.45, 7) is 3.09. The van der Waals surface area contributed by atoms with E-state index in [4.69, 9.17) is 4.74 Å². The summed E-state index contributed by atoms with van der Waals surface area (Å²) in [5.41, 5.74) is 1.93. The fraction of sp³-hybridized carbons (Fsp3) is 0.294. The first-order valence-electron chi connectivity index (χ1n) is 7.88. The molecule has 1 aromatic carbocycles. The zero-order valence-corrected chi connectivity index (χ0v) is 14.9. The molecule has 3 aromatic rings. The lowest BCUT2D eigenvalue weighted by Gasteiger charge is -2.12. The minimum absolute atomic E-state index is 0.165. The van der Waals surface area contributed by atoms with Gasteiger partial charge in [0, 0.05) is 26.0 Å². The Hall–Kier alpha value is -2.45. The normalized spacial score (nSPS) is 12.2. The van der Waals surface area contributed by atoms with Gasteiger partial charge in [0.1, 0.15) is 0 Å². The zero-order valence-electron chi connectivity index (χ0n) is 14.0. The first-order chi connectivity index (χ1) is 12.2. The van der Waals surface area contributed by atoms with Gasteiger partial charge in [0.2, 0.25) is 11.9 Å². The molecule has 130 valence electrons. The summed E-state index contributed by atoms with van der Waals surface area (Å²) in [5.74, 6) is 0.134. The van der Waals surface area contributed by atoms with Crippen LogP contribution in [0.2, 0.25) is 0 Å². The summed E-state index contributed by atoms with van der Waals surface area (Å²) in [6.07, 6.45) is 3.18. The van der Waals surface area contributed by atoms with Crippen molar-refractivity contribution in [3.63, 3.8) is 0 Å². The van der Waals surface area contributed by atoms with Crippen molar-refractivity contribution in [3.05, 3.63) is 42.7 Å². The van der Waals surface area contributed by atoms with E-state index in [1.54, 1.807) is 25.6 Å². The molecule has 0 aliphatic heterocycles. The van der Waals surface area contributed by atoms with Crippen LogP contribution in [0.5, 0.6) is 0 Å². The highest BCUT2D eigenvalue weighted by atomic mass is 32.2. The summed E-state index contributed by atoms with van der Waals surface area (Å²) >= 11 is 1.40. The molecular weight excluding hydrogens is 338 g/mol. The zero-order chi connectivity index (χ0) is 17.6. The quantitative estimate of drug-likeness (QED) is 0.655. The molecule has 0 saturated carbocycles. The van der Waals surface area contributed by atoms with Gasteiger partial charge in [0.25, 0.3) is 0 Å². The topological polar surface area (TPSA) is 81.9 Å². The van der Waals surface area contributed by atoms with E-state index in [-0.39, 0.29) is 11.2 Å². The van der Waals surface area contributed by atoms with E-state index in [0.717, 1.165) is 16.2 Å². The number of hydrogen-bond acceptors (Lipinski definition) is 6. The average Bonchev–Trinajstić information content (AvgIpc) is 2.97. The fourth-order valence-electron chi connectivity index (χ4n) is 2.33. The highest BCUT2D eigenvalue weighted by Gasteiger charge is 2.20. The Kier molecular flexibility index (Phi) is 5.62. The maximum absolute atomic E-state index is 12.4. The van der Waals surface area contributed by atoms with Gasteiger partial charge in [-0.3, -0.25) is 10.1 Å². The molecule has 25 heavy (non-hydrogen) atoms. The lowest BCUT2D eigenvalue weighted by atomic mass is 10.3. The molecule has 3 rings (SSSR count). The number of nitrogens with zero attached hydrogens (tertiary/aromatic N) is 4. The van der Waals surface area contributed by atoms with Crippen molar-refractivity contribution in [3.8, 4) is 0 Å². The number of thioether (sulfide) groups is 1. The Balaban J connectivity index is 1.78. The second-order valence-corrected chi connectivity index (χ2v) is 6.66. The van der Waals surface area contributed by atoms with Gasteiger partial charge >= 0.3 is 0 Å². The third kappa shape index (κ3) is 4.15. The van der Waals surface area contributed by atoms with Gasteiger partial charge in [0.05, 0.1) is 22.9 Å². The maximum atomic E-state index is 12.4. The molecule has 0 bridgehead atoms. The molecule has 1 N–H and O–H groups in total. The van der Waals surface area contributed by atoms with Crippen LogP contribution in [0.4, 0.5) is 5.95 Å². The molecule has 0 aliphatic carbocycles. The molecule has 2 heterocycles. The summed E-state index contributed by atoms with van der Waals surface area (Å²) in [5, 5.41) is 3.16. The second-order valence-electron chi connectivity index (χ2n) is 5.35. The van der Waals surface area contributed by atoms with E-state index in [0.29, 0.717) is 19.1 Å². The third-order valence-corrected chi connectivity index (χ3v) is 4.68. The number of amides is 1. The summed E-state index contributed by atoms with van der Waals surface area (Å²) in [6, 6.07) is 9.61. The predicted molar refractivity (Wildman–Crippen MR) is 97.6 cm³/mol. The Morgan fingerprint density at radius 2 is 2.04 bits per heavy atom. The molecule has 0 spiro atoms. The van der Waals surface area contributed by atoms with Gasteiger partial charge in [-0.2, -0.15) is 0 Å². The number of imidazole rings is 1. The van der Waals surface area contributed by atoms with Gasteiger partial charge in [-0.25, -0.2) is 15.0 Å². The van der Waals surface area contributed by atoms with Crippen LogP contribution in [0, 0.1) is 0 Å². The number of ether oxygens (including phenoxy) is 1. The predicted octanol–water partition coefficient (Wildman–Crippen LogP) is 2.59. The molecule has 0 aliphatic rings. The monoisotopic (exact) mass is 357 g/mol. The Morgan fingerprint density at radius 1 is 1.28 bits per heavy atom. The number of anilines is 1. The van der Waals surface area contributed by atoms with Crippen molar-refractivity contribution in [1.82, 2.24) is 19.5 Å². The average molecular weight is 357 g/mol. The van der Waals surface area contributed by atoms with Crippen molar-refractivity contribution in [2.45, 2.75) is 23.9 Å². The van der Waals surface area contributed by atoms with E-state index in [1.807, 2.05) is 31.2 Å². The van der Waals surface area contributed by atoms with E-state index in [2.05, 4.69) is 24.8 Å². The number of hydrogen-bond donors (Lipinski definition) is 1. The smallest absolute Gasteiger partial charge is 0.240 e. The molecule has 0 saturated heterocycles. The van der Waals surface area contributed by atoms with Crippen molar-refractivity contribution < 1.29 is 9.53 Å². The van der Waals surface area contributed by atoms with E-state index in [9.17, 15) is 4.79 Å². The standard InChI is InChI=1S/C17H19N5O2S/c1-12(15(23)21-16-18-8-5-9-19-16)25-17-20-13-6-3-4-7-14(13)22(17)10-11-24-2/h3-9,12H,10-11H2,1-2H3,(H,18,19,21,23). The Morgan fingerprint density at radius 3 is 2.80 bits per heavy atom. The largest absolute Gasteiger partial charge is 0.383 e. The van der Waals surface area contributed by atoms with Crippen molar-refractivity contribution in [2.24, 2.45) is 0 Å². The first-order valence-corrected chi connectivity index (χ1v) is 8.75. The molecule has 1 atom stereocenters. The van der Waals surface area contributed by atoms with Crippen LogP contribution < -0.4 is 5.32 Å². The summed E-state index contributed by atoms with van der Waals surface area (Å²) < 4.78 is 7.27. The minimum Gasteiger partial charge on any atom is -0.383 e. The SMILES string of the molecule is COCCn1c(SC(C)C(=O)Nc2ncccn2)nc2ccccc21.